The summed E-state index contributed by atoms with van der Waals surface area (Å²) in [4.78, 5) is 12.3. The van der Waals surface area contributed by atoms with Gasteiger partial charge in [-0.3, -0.25) is 4.79 Å². The number of aliphatic carboxylic acids is 1. The van der Waals surface area contributed by atoms with Gasteiger partial charge in [-0.05, 0) is 20.5 Å². The number of rotatable bonds is 4. The molecule has 0 aliphatic rings. The summed E-state index contributed by atoms with van der Waals surface area (Å²) in [6.45, 7) is 2.52. The second kappa shape index (κ2) is 4.28. The summed E-state index contributed by atoms with van der Waals surface area (Å²) in [6, 6.07) is 0. The highest BCUT2D eigenvalue weighted by molar-refractivity contribution is 5.70. The number of carbonyl (C=O) groups is 1. The number of carboxylic acid groups (broad SMARTS) is 1. The molecule has 0 aromatic rings. The lowest BCUT2D eigenvalue weighted by atomic mass is 10.1. The van der Waals surface area contributed by atoms with Crippen LogP contribution in [0.25, 0.3) is 0 Å². The van der Waals surface area contributed by atoms with E-state index in [1.54, 1.807) is 0 Å². The Morgan fingerprint density at radius 1 is 1.60 bits per heavy atom. The average molecular weight is 145 g/mol. The zero-order chi connectivity index (χ0) is 8.15. The van der Waals surface area contributed by atoms with Crippen molar-refractivity contribution in [2.75, 3.05) is 20.6 Å². The molecule has 0 heterocycles. The molecule has 0 bridgehead atoms. The zero-order valence-electron chi connectivity index (χ0n) is 6.79. The van der Waals surface area contributed by atoms with Gasteiger partial charge in [0.05, 0.1) is 5.92 Å². The predicted molar refractivity (Wildman–Crippen MR) is 40.0 cm³/mol. The fourth-order valence-corrected chi connectivity index (χ4v) is 0.823. The van der Waals surface area contributed by atoms with Crippen LogP contribution in [-0.2, 0) is 4.79 Å². The van der Waals surface area contributed by atoms with Crippen molar-refractivity contribution in [3.05, 3.63) is 0 Å². The summed E-state index contributed by atoms with van der Waals surface area (Å²) in [5.41, 5.74) is 0. The van der Waals surface area contributed by atoms with Crippen molar-refractivity contribution in [3.63, 3.8) is 0 Å². The largest absolute Gasteiger partial charge is 0.481 e. The second-order valence-electron chi connectivity index (χ2n) is 2.71. The van der Waals surface area contributed by atoms with Crippen LogP contribution in [-0.4, -0.2) is 36.6 Å². The fourth-order valence-electron chi connectivity index (χ4n) is 0.823. The molecule has 0 fully saturated rings. The summed E-state index contributed by atoms with van der Waals surface area (Å²) in [5.74, 6) is -0.911. The lowest BCUT2D eigenvalue weighted by Gasteiger charge is -2.14. The SMILES string of the molecule is CCC(CN(C)C)C(=O)O. The highest BCUT2D eigenvalue weighted by atomic mass is 16.4. The molecular formula is C7H15NO2. The first kappa shape index (κ1) is 9.43. The van der Waals surface area contributed by atoms with Gasteiger partial charge in [-0.1, -0.05) is 6.92 Å². The summed E-state index contributed by atoms with van der Waals surface area (Å²) >= 11 is 0. The van der Waals surface area contributed by atoms with Crippen LogP contribution in [0, 0.1) is 5.92 Å². The highest BCUT2D eigenvalue weighted by Crippen LogP contribution is 2.02. The molecule has 0 aliphatic carbocycles. The third-order valence-corrected chi connectivity index (χ3v) is 1.43. The standard InChI is InChI=1S/C7H15NO2/c1-4-6(7(9)10)5-8(2)3/h6H,4-5H2,1-3H3,(H,9,10). The molecule has 10 heavy (non-hydrogen) atoms. The number of hydrogen-bond acceptors (Lipinski definition) is 2. The van der Waals surface area contributed by atoms with E-state index < -0.39 is 5.97 Å². The lowest BCUT2D eigenvalue weighted by molar-refractivity contribution is -0.142. The van der Waals surface area contributed by atoms with E-state index >= 15 is 0 Å². The van der Waals surface area contributed by atoms with Gasteiger partial charge in [-0.2, -0.15) is 0 Å². The maximum Gasteiger partial charge on any atom is 0.307 e. The zero-order valence-corrected chi connectivity index (χ0v) is 6.79. The monoisotopic (exact) mass is 145 g/mol. The van der Waals surface area contributed by atoms with Gasteiger partial charge >= 0.3 is 5.97 Å². The van der Waals surface area contributed by atoms with Gasteiger partial charge < -0.3 is 10.0 Å². The van der Waals surface area contributed by atoms with Crippen molar-refractivity contribution in [2.24, 2.45) is 5.92 Å². The van der Waals surface area contributed by atoms with Crippen LogP contribution in [0.15, 0.2) is 0 Å². The molecule has 1 N–H and O–H groups in total. The van der Waals surface area contributed by atoms with Crippen LogP contribution in [0.1, 0.15) is 13.3 Å². The van der Waals surface area contributed by atoms with Gasteiger partial charge in [0, 0.05) is 6.54 Å². The first-order valence-electron chi connectivity index (χ1n) is 3.45. The van der Waals surface area contributed by atoms with Crippen molar-refractivity contribution in [2.45, 2.75) is 13.3 Å². The van der Waals surface area contributed by atoms with Gasteiger partial charge in [-0.15, -0.1) is 0 Å². The van der Waals surface area contributed by atoms with Gasteiger partial charge in [0.1, 0.15) is 0 Å². The Morgan fingerprint density at radius 2 is 2.10 bits per heavy atom. The molecule has 0 saturated heterocycles. The average Bonchev–Trinajstić information content (AvgIpc) is 1.81. The van der Waals surface area contributed by atoms with E-state index in [9.17, 15) is 4.79 Å². The van der Waals surface area contributed by atoms with Crippen LogP contribution in [0.3, 0.4) is 0 Å². The minimum atomic E-state index is -0.698. The maximum absolute atomic E-state index is 10.4. The Labute approximate surface area is 61.6 Å². The quantitative estimate of drug-likeness (QED) is 0.631. The van der Waals surface area contributed by atoms with Crippen LogP contribution in [0.5, 0.6) is 0 Å². The Balaban J connectivity index is 3.72. The Hall–Kier alpha value is -0.570. The molecule has 3 heteroatoms. The molecule has 1 atom stereocenters. The van der Waals surface area contributed by atoms with E-state index in [1.807, 2.05) is 25.9 Å². The Bertz CT molecular complexity index is 112. The second-order valence-corrected chi connectivity index (χ2v) is 2.71. The van der Waals surface area contributed by atoms with Crippen LogP contribution < -0.4 is 0 Å². The van der Waals surface area contributed by atoms with E-state index in [4.69, 9.17) is 5.11 Å². The Kier molecular flexibility index (Phi) is 4.03. The number of nitrogens with zero attached hydrogens (tertiary/aromatic N) is 1. The number of hydrogen-bond donors (Lipinski definition) is 1. The normalized spacial score (nSPS) is 13.6. The van der Waals surface area contributed by atoms with Gasteiger partial charge in [0.2, 0.25) is 0 Å². The van der Waals surface area contributed by atoms with E-state index in [0.717, 1.165) is 0 Å². The van der Waals surface area contributed by atoms with Crippen molar-refractivity contribution in [1.82, 2.24) is 4.90 Å². The molecular weight excluding hydrogens is 130 g/mol. The topological polar surface area (TPSA) is 40.5 Å². The summed E-state index contributed by atoms with van der Waals surface area (Å²) in [6.07, 6.45) is 0.702. The first-order chi connectivity index (χ1) is 4.57. The summed E-state index contributed by atoms with van der Waals surface area (Å²) < 4.78 is 0. The maximum atomic E-state index is 10.4. The van der Waals surface area contributed by atoms with Crippen LogP contribution >= 0.6 is 0 Å². The van der Waals surface area contributed by atoms with Gasteiger partial charge in [-0.25, -0.2) is 0 Å². The third kappa shape index (κ3) is 3.45. The molecule has 0 rings (SSSR count). The predicted octanol–water partition coefficient (Wildman–Crippen LogP) is 0.659. The molecule has 0 amide bonds. The fraction of sp³-hybridized carbons (Fsp3) is 0.857. The molecule has 3 nitrogen and oxygen atoms in total. The molecule has 1 unspecified atom stereocenters. The van der Waals surface area contributed by atoms with Gasteiger partial charge in [0.15, 0.2) is 0 Å². The van der Waals surface area contributed by atoms with E-state index in [2.05, 4.69) is 0 Å². The molecule has 0 saturated carbocycles. The summed E-state index contributed by atoms with van der Waals surface area (Å²) in [7, 11) is 3.76. The Morgan fingerprint density at radius 3 is 2.20 bits per heavy atom. The van der Waals surface area contributed by atoms with E-state index in [-0.39, 0.29) is 5.92 Å². The van der Waals surface area contributed by atoms with Crippen LogP contribution in [0.2, 0.25) is 0 Å². The van der Waals surface area contributed by atoms with Crippen LogP contribution in [0.4, 0.5) is 0 Å². The van der Waals surface area contributed by atoms with Crippen molar-refractivity contribution >= 4 is 5.97 Å². The third-order valence-electron chi connectivity index (χ3n) is 1.43. The molecule has 0 aromatic carbocycles. The van der Waals surface area contributed by atoms with E-state index in [0.29, 0.717) is 13.0 Å². The molecule has 60 valence electrons. The minimum Gasteiger partial charge on any atom is -0.481 e. The number of carboxylic acids is 1. The van der Waals surface area contributed by atoms with Crippen molar-refractivity contribution < 1.29 is 9.90 Å². The first-order valence-corrected chi connectivity index (χ1v) is 3.45. The molecule has 0 radical (unpaired) electrons. The molecule has 0 aromatic heterocycles. The van der Waals surface area contributed by atoms with Gasteiger partial charge in [0.25, 0.3) is 0 Å². The molecule has 0 aliphatic heterocycles. The smallest absolute Gasteiger partial charge is 0.307 e. The lowest BCUT2D eigenvalue weighted by Crippen LogP contribution is -2.26. The van der Waals surface area contributed by atoms with Crippen molar-refractivity contribution in [3.8, 4) is 0 Å². The highest BCUT2D eigenvalue weighted by Gasteiger charge is 2.14. The minimum absolute atomic E-state index is 0.213. The molecule has 0 spiro atoms. The summed E-state index contributed by atoms with van der Waals surface area (Å²) in [5, 5.41) is 8.60. The van der Waals surface area contributed by atoms with Crippen molar-refractivity contribution in [1.29, 1.82) is 0 Å². The van der Waals surface area contributed by atoms with E-state index in [1.165, 1.54) is 0 Å².